The van der Waals surface area contributed by atoms with Crippen molar-refractivity contribution in [3.63, 3.8) is 0 Å². The fourth-order valence-corrected chi connectivity index (χ4v) is 2.63. The van der Waals surface area contributed by atoms with Gasteiger partial charge in [0.2, 0.25) is 0 Å². The Morgan fingerprint density at radius 3 is 2.67 bits per heavy atom. The van der Waals surface area contributed by atoms with E-state index in [4.69, 9.17) is 14.2 Å². The largest absolute Gasteiger partial charge is 0.370 e. The van der Waals surface area contributed by atoms with Crippen molar-refractivity contribution in [2.75, 3.05) is 6.61 Å². The molecular formula is C15H17N3O3. The molecule has 110 valence electrons. The highest BCUT2D eigenvalue weighted by atomic mass is 16.8. The molecule has 21 heavy (non-hydrogen) atoms. The Balaban J connectivity index is 1.63. The van der Waals surface area contributed by atoms with Gasteiger partial charge in [0.05, 0.1) is 18.5 Å². The second-order valence-electron chi connectivity index (χ2n) is 5.79. The van der Waals surface area contributed by atoms with Gasteiger partial charge >= 0.3 is 0 Å². The predicted octanol–water partition coefficient (Wildman–Crippen LogP) is 1.86. The van der Waals surface area contributed by atoms with Crippen LogP contribution in [0.1, 0.15) is 25.6 Å². The van der Waals surface area contributed by atoms with Crippen LogP contribution in [0.5, 0.6) is 0 Å². The first-order valence-corrected chi connectivity index (χ1v) is 7.07. The summed E-state index contributed by atoms with van der Waals surface area (Å²) in [4.78, 5) is 1.61. The number of benzene rings is 1. The molecule has 3 heterocycles. The van der Waals surface area contributed by atoms with Gasteiger partial charge in [0, 0.05) is 0 Å². The number of nitrogens with zero attached hydrogens (tertiary/aromatic N) is 3. The summed E-state index contributed by atoms with van der Waals surface area (Å²) >= 11 is 0. The summed E-state index contributed by atoms with van der Waals surface area (Å²) in [6, 6.07) is 9.79. The van der Waals surface area contributed by atoms with Crippen molar-refractivity contribution in [3.8, 4) is 5.69 Å². The topological polar surface area (TPSA) is 61.7 Å². The monoisotopic (exact) mass is 287 g/mol. The number of aromatic nitrogens is 3. The molecule has 2 fully saturated rings. The Hall–Kier alpha value is -1.76. The summed E-state index contributed by atoms with van der Waals surface area (Å²) in [6.07, 6.45) is 1.46. The van der Waals surface area contributed by atoms with E-state index in [1.807, 2.05) is 44.2 Å². The fraction of sp³-hybridized carbons (Fsp3) is 0.467. The van der Waals surface area contributed by atoms with Gasteiger partial charge in [0.25, 0.3) is 0 Å². The normalized spacial score (nSPS) is 30.5. The summed E-state index contributed by atoms with van der Waals surface area (Å²) in [5.41, 5.74) is 1.69. The van der Waals surface area contributed by atoms with E-state index in [1.165, 1.54) is 0 Å². The zero-order valence-corrected chi connectivity index (χ0v) is 12.0. The van der Waals surface area contributed by atoms with Crippen molar-refractivity contribution in [3.05, 3.63) is 42.2 Å². The van der Waals surface area contributed by atoms with Gasteiger partial charge in [-0.2, -0.15) is 15.0 Å². The van der Waals surface area contributed by atoms with Gasteiger partial charge in [-0.25, -0.2) is 0 Å². The first-order chi connectivity index (χ1) is 10.1. The number of rotatable bonds is 3. The van der Waals surface area contributed by atoms with E-state index in [2.05, 4.69) is 10.2 Å². The Kier molecular flexibility index (Phi) is 2.85. The Bertz CT molecular complexity index is 637. The molecule has 3 atom stereocenters. The van der Waals surface area contributed by atoms with Crippen LogP contribution < -0.4 is 0 Å². The first-order valence-electron chi connectivity index (χ1n) is 7.07. The maximum atomic E-state index is 5.98. The Morgan fingerprint density at radius 1 is 1.19 bits per heavy atom. The molecule has 2 saturated heterocycles. The highest BCUT2D eigenvalue weighted by Crippen LogP contribution is 2.42. The molecule has 0 aliphatic carbocycles. The van der Waals surface area contributed by atoms with Gasteiger partial charge in [-0.05, 0) is 26.0 Å². The molecule has 0 amide bonds. The number of para-hydroxylation sites is 1. The highest BCUT2D eigenvalue weighted by Gasteiger charge is 2.51. The van der Waals surface area contributed by atoms with Crippen LogP contribution in [0.3, 0.4) is 0 Å². The molecule has 6 nitrogen and oxygen atoms in total. The van der Waals surface area contributed by atoms with E-state index in [1.54, 1.807) is 11.0 Å². The molecule has 0 saturated carbocycles. The lowest BCUT2D eigenvalue weighted by Gasteiger charge is -2.16. The summed E-state index contributed by atoms with van der Waals surface area (Å²) < 4.78 is 17.3. The number of hydrogen-bond acceptors (Lipinski definition) is 5. The minimum atomic E-state index is -0.627. The third-order valence-corrected chi connectivity index (χ3v) is 3.64. The molecule has 0 radical (unpaired) electrons. The van der Waals surface area contributed by atoms with Crippen molar-refractivity contribution in [2.45, 2.75) is 37.9 Å². The average molecular weight is 287 g/mol. The molecule has 3 unspecified atom stereocenters. The van der Waals surface area contributed by atoms with Crippen molar-refractivity contribution in [1.29, 1.82) is 0 Å². The van der Waals surface area contributed by atoms with Gasteiger partial charge in [0.1, 0.15) is 24.0 Å². The predicted molar refractivity (Wildman–Crippen MR) is 73.9 cm³/mol. The minimum absolute atomic E-state index is 0.0960. The lowest BCUT2D eigenvalue weighted by atomic mass is 10.1. The molecule has 0 bridgehead atoms. The van der Waals surface area contributed by atoms with E-state index < -0.39 is 5.79 Å². The molecule has 4 rings (SSSR count). The van der Waals surface area contributed by atoms with E-state index in [9.17, 15) is 0 Å². The molecule has 0 N–H and O–H groups in total. The van der Waals surface area contributed by atoms with Crippen LogP contribution in [-0.2, 0) is 14.2 Å². The Morgan fingerprint density at radius 2 is 1.95 bits per heavy atom. The molecule has 6 heteroatoms. The lowest BCUT2D eigenvalue weighted by molar-refractivity contribution is -0.148. The summed E-state index contributed by atoms with van der Waals surface area (Å²) in [5, 5.41) is 8.86. The van der Waals surface area contributed by atoms with E-state index in [0.717, 1.165) is 11.4 Å². The van der Waals surface area contributed by atoms with Crippen LogP contribution in [0.4, 0.5) is 0 Å². The SMILES string of the molecule is CC1(C)OC(c2cnn(-c3ccccc3)n2)C(C2CO2)O1. The smallest absolute Gasteiger partial charge is 0.164 e. The number of ether oxygens (including phenoxy) is 3. The average Bonchev–Trinajstić information content (AvgIpc) is 3.10. The Labute approximate surface area is 122 Å². The second-order valence-corrected chi connectivity index (χ2v) is 5.79. The van der Waals surface area contributed by atoms with Gasteiger partial charge in [-0.1, -0.05) is 18.2 Å². The van der Waals surface area contributed by atoms with E-state index in [-0.39, 0.29) is 18.3 Å². The number of epoxide rings is 1. The van der Waals surface area contributed by atoms with Crippen molar-refractivity contribution < 1.29 is 14.2 Å². The summed E-state index contributed by atoms with van der Waals surface area (Å²) in [5.74, 6) is -0.627. The van der Waals surface area contributed by atoms with Crippen LogP contribution in [0.15, 0.2) is 36.5 Å². The molecular weight excluding hydrogens is 270 g/mol. The van der Waals surface area contributed by atoms with Crippen LogP contribution in [0.2, 0.25) is 0 Å². The first kappa shape index (κ1) is 12.9. The fourth-order valence-electron chi connectivity index (χ4n) is 2.63. The lowest BCUT2D eigenvalue weighted by Crippen LogP contribution is -2.24. The van der Waals surface area contributed by atoms with E-state index >= 15 is 0 Å². The molecule has 1 aromatic carbocycles. The van der Waals surface area contributed by atoms with Gasteiger partial charge < -0.3 is 14.2 Å². The summed E-state index contributed by atoms with van der Waals surface area (Å²) in [6.45, 7) is 4.53. The van der Waals surface area contributed by atoms with Crippen LogP contribution in [0, 0.1) is 0 Å². The highest BCUT2D eigenvalue weighted by molar-refractivity contribution is 5.28. The number of hydrogen-bond donors (Lipinski definition) is 0. The van der Waals surface area contributed by atoms with Gasteiger partial charge in [-0.3, -0.25) is 0 Å². The zero-order valence-electron chi connectivity index (χ0n) is 12.0. The van der Waals surface area contributed by atoms with Crippen molar-refractivity contribution >= 4 is 0 Å². The molecule has 1 aromatic heterocycles. The quantitative estimate of drug-likeness (QED) is 0.806. The minimum Gasteiger partial charge on any atom is -0.370 e. The standard InChI is InChI=1S/C15H17N3O3/c1-15(2)20-13(14(21-15)12-9-19-12)11-8-16-18(17-11)10-6-4-3-5-7-10/h3-8,12-14H,9H2,1-2H3. The van der Waals surface area contributed by atoms with Crippen molar-refractivity contribution in [1.82, 2.24) is 15.0 Å². The van der Waals surface area contributed by atoms with Gasteiger partial charge in [-0.15, -0.1) is 0 Å². The second kappa shape index (κ2) is 4.62. The summed E-state index contributed by atoms with van der Waals surface area (Å²) in [7, 11) is 0. The van der Waals surface area contributed by atoms with Crippen LogP contribution in [-0.4, -0.2) is 39.6 Å². The van der Waals surface area contributed by atoms with Crippen LogP contribution in [0.25, 0.3) is 5.69 Å². The van der Waals surface area contributed by atoms with Crippen molar-refractivity contribution in [2.24, 2.45) is 0 Å². The third-order valence-electron chi connectivity index (χ3n) is 3.64. The molecule has 2 aliphatic rings. The molecule has 2 aromatic rings. The molecule has 2 aliphatic heterocycles. The maximum Gasteiger partial charge on any atom is 0.164 e. The van der Waals surface area contributed by atoms with E-state index in [0.29, 0.717) is 6.61 Å². The van der Waals surface area contributed by atoms with Gasteiger partial charge in [0.15, 0.2) is 5.79 Å². The van der Waals surface area contributed by atoms with Crippen LogP contribution >= 0.6 is 0 Å². The molecule has 0 spiro atoms. The zero-order chi connectivity index (χ0) is 14.4. The maximum absolute atomic E-state index is 5.98. The third kappa shape index (κ3) is 2.46.